The number of rotatable bonds is 2. The van der Waals surface area contributed by atoms with Crippen LogP contribution in [0.1, 0.15) is 56.1 Å². The molecule has 0 saturated heterocycles. The third kappa shape index (κ3) is 1.89. The maximum absolute atomic E-state index is 11.5. The molecule has 3 aliphatic rings. The first-order chi connectivity index (χ1) is 10.7. The molecule has 0 spiro atoms. The molecule has 4 rings (SSSR count). The van der Waals surface area contributed by atoms with E-state index in [4.69, 9.17) is 4.74 Å². The van der Waals surface area contributed by atoms with Gasteiger partial charge in [0.15, 0.2) is 0 Å². The predicted octanol–water partition coefficient (Wildman–Crippen LogP) is 4.37. The van der Waals surface area contributed by atoms with Crippen LogP contribution < -0.4 is 4.74 Å². The molecule has 22 heavy (non-hydrogen) atoms. The molecule has 0 heterocycles. The first kappa shape index (κ1) is 14.3. The van der Waals surface area contributed by atoms with Crippen molar-refractivity contribution in [3.63, 3.8) is 0 Å². The molecule has 0 bridgehead atoms. The van der Waals surface area contributed by atoms with E-state index in [1.807, 2.05) is 0 Å². The monoisotopic (exact) mass is 298 g/mol. The van der Waals surface area contributed by atoms with Crippen molar-refractivity contribution < 1.29 is 9.53 Å². The van der Waals surface area contributed by atoms with Gasteiger partial charge in [-0.25, -0.2) is 0 Å². The number of aryl methyl sites for hydroxylation is 1. The minimum Gasteiger partial charge on any atom is -0.497 e. The lowest BCUT2D eigenvalue weighted by atomic mass is 9.54. The van der Waals surface area contributed by atoms with Crippen molar-refractivity contribution in [2.75, 3.05) is 7.11 Å². The number of ether oxygens (including phenoxy) is 1. The van der Waals surface area contributed by atoms with Gasteiger partial charge in [0.2, 0.25) is 0 Å². The molecule has 5 atom stereocenters. The smallest absolute Gasteiger partial charge is 0.123 e. The lowest BCUT2D eigenvalue weighted by Gasteiger charge is -2.50. The number of carbonyl (C=O) groups is 1. The van der Waals surface area contributed by atoms with Gasteiger partial charge in [0.25, 0.3) is 0 Å². The molecular weight excluding hydrogens is 272 g/mol. The van der Waals surface area contributed by atoms with Gasteiger partial charge >= 0.3 is 0 Å². The van der Waals surface area contributed by atoms with E-state index in [1.165, 1.54) is 44.0 Å². The van der Waals surface area contributed by atoms with Gasteiger partial charge in [-0.1, -0.05) is 13.0 Å². The molecule has 0 amide bonds. The average molecular weight is 298 g/mol. The summed E-state index contributed by atoms with van der Waals surface area (Å²) in [6.45, 7) is 2.39. The van der Waals surface area contributed by atoms with E-state index in [-0.39, 0.29) is 5.41 Å². The highest BCUT2D eigenvalue weighted by Gasteiger charge is 2.54. The minimum atomic E-state index is 0.271. The van der Waals surface area contributed by atoms with Gasteiger partial charge in [-0.2, -0.15) is 0 Å². The van der Waals surface area contributed by atoms with E-state index in [0.29, 0.717) is 11.8 Å². The van der Waals surface area contributed by atoms with Crippen LogP contribution in [-0.4, -0.2) is 13.4 Å². The van der Waals surface area contributed by atoms with Crippen molar-refractivity contribution in [3.8, 4) is 5.75 Å². The maximum Gasteiger partial charge on any atom is 0.123 e. The van der Waals surface area contributed by atoms with Gasteiger partial charge in [-0.15, -0.1) is 0 Å². The molecule has 2 heteroatoms. The Morgan fingerprint density at radius 3 is 2.86 bits per heavy atom. The second kappa shape index (κ2) is 5.11. The van der Waals surface area contributed by atoms with Crippen LogP contribution in [0.25, 0.3) is 0 Å². The Kier molecular flexibility index (Phi) is 3.32. The normalized spacial score (nSPS) is 39.5. The van der Waals surface area contributed by atoms with Crippen molar-refractivity contribution in [1.29, 1.82) is 0 Å². The third-order valence-electron chi connectivity index (χ3n) is 7.17. The Hall–Kier alpha value is -1.31. The number of fused-ring (bicyclic) bond motifs is 5. The summed E-state index contributed by atoms with van der Waals surface area (Å²) < 4.78 is 5.39. The summed E-state index contributed by atoms with van der Waals surface area (Å²) in [7, 11) is 1.75. The molecule has 5 unspecified atom stereocenters. The number of benzene rings is 1. The number of hydrogen-bond acceptors (Lipinski definition) is 2. The Labute approximate surface area is 133 Å². The van der Waals surface area contributed by atoms with E-state index < -0.39 is 0 Å². The molecule has 0 radical (unpaired) electrons. The molecule has 0 aromatic heterocycles. The average Bonchev–Trinajstić information content (AvgIpc) is 2.90. The molecule has 118 valence electrons. The molecule has 1 aromatic rings. The van der Waals surface area contributed by atoms with E-state index >= 15 is 0 Å². The highest BCUT2D eigenvalue weighted by Crippen LogP contribution is 2.62. The summed E-state index contributed by atoms with van der Waals surface area (Å²) in [5.41, 5.74) is 3.33. The van der Waals surface area contributed by atoms with Crippen LogP contribution in [0, 0.1) is 23.2 Å². The molecule has 2 fully saturated rings. The fraction of sp³-hybridized carbons (Fsp3) is 0.650. The number of methoxy groups -OCH3 is 1. The SMILES string of the molecule is COc1ccc2c(c1)CCC1C2CCC2(C)C(C=O)CCC12. The summed E-state index contributed by atoms with van der Waals surface area (Å²) in [5.74, 6) is 3.52. The van der Waals surface area contributed by atoms with Crippen LogP contribution in [0.2, 0.25) is 0 Å². The van der Waals surface area contributed by atoms with Crippen LogP contribution >= 0.6 is 0 Å². The number of carbonyl (C=O) groups excluding carboxylic acids is 1. The summed E-state index contributed by atoms with van der Waals surface area (Å²) in [4.78, 5) is 11.5. The van der Waals surface area contributed by atoms with Crippen LogP contribution in [0.5, 0.6) is 5.75 Å². The van der Waals surface area contributed by atoms with Crippen molar-refractivity contribution >= 4 is 6.29 Å². The zero-order valence-electron chi connectivity index (χ0n) is 13.7. The Balaban J connectivity index is 1.67. The second-order valence-corrected chi connectivity index (χ2v) is 7.84. The maximum atomic E-state index is 11.5. The van der Waals surface area contributed by atoms with Gasteiger partial charge in [0, 0.05) is 5.92 Å². The zero-order valence-corrected chi connectivity index (χ0v) is 13.7. The van der Waals surface area contributed by atoms with E-state index in [0.717, 1.165) is 24.0 Å². The van der Waals surface area contributed by atoms with Crippen molar-refractivity contribution in [2.45, 2.75) is 51.4 Å². The van der Waals surface area contributed by atoms with Crippen molar-refractivity contribution in [2.24, 2.45) is 23.2 Å². The first-order valence-electron chi connectivity index (χ1n) is 8.79. The molecule has 2 saturated carbocycles. The molecule has 0 N–H and O–H groups in total. The standard InChI is InChI=1S/C20H26O2/c1-20-10-9-17-16-7-5-15(22-2)11-13(16)3-6-18(17)19(20)8-4-14(20)12-21/h5,7,11-12,14,17-19H,3-4,6,8-10H2,1-2H3. The molecule has 2 nitrogen and oxygen atoms in total. The summed E-state index contributed by atoms with van der Waals surface area (Å²) in [6, 6.07) is 6.67. The van der Waals surface area contributed by atoms with E-state index in [2.05, 4.69) is 25.1 Å². The van der Waals surface area contributed by atoms with Gasteiger partial charge in [0.05, 0.1) is 7.11 Å². The lowest BCUT2D eigenvalue weighted by Crippen LogP contribution is -2.42. The van der Waals surface area contributed by atoms with Crippen LogP contribution in [-0.2, 0) is 11.2 Å². The van der Waals surface area contributed by atoms with Crippen LogP contribution in [0.4, 0.5) is 0 Å². The molecule has 0 aliphatic heterocycles. The van der Waals surface area contributed by atoms with Gasteiger partial charge < -0.3 is 9.53 Å². The highest BCUT2D eigenvalue weighted by atomic mass is 16.5. The van der Waals surface area contributed by atoms with Crippen LogP contribution in [0.15, 0.2) is 18.2 Å². The summed E-state index contributed by atoms with van der Waals surface area (Å²) in [6.07, 6.45) is 8.55. The summed E-state index contributed by atoms with van der Waals surface area (Å²) in [5, 5.41) is 0. The van der Waals surface area contributed by atoms with E-state index in [1.54, 1.807) is 12.7 Å². The second-order valence-electron chi connectivity index (χ2n) is 7.84. The predicted molar refractivity (Wildman–Crippen MR) is 87.2 cm³/mol. The van der Waals surface area contributed by atoms with Gasteiger partial charge in [0.1, 0.15) is 12.0 Å². The van der Waals surface area contributed by atoms with Crippen molar-refractivity contribution in [1.82, 2.24) is 0 Å². The Bertz CT molecular complexity index is 593. The fourth-order valence-electron chi connectivity index (χ4n) is 5.95. The van der Waals surface area contributed by atoms with Gasteiger partial charge in [-0.05, 0) is 85.0 Å². The molecule has 3 aliphatic carbocycles. The van der Waals surface area contributed by atoms with Crippen molar-refractivity contribution in [3.05, 3.63) is 29.3 Å². The number of hydrogen-bond donors (Lipinski definition) is 0. The fourth-order valence-corrected chi connectivity index (χ4v) is 5.95. The van der Waals surface area contributed by atoms with E-state index in [9.17, 15) is 4.79 Å². The van der Waals surface area contributed by atoms with Crippen LogP contribution in [0.3, 0.4) is 0 Å². The quantitative estimate of drug-likeness (QED) is 0.758. The topological polar surface area (TPSA) is 26.3 Å². The van der Waals surface area contributed by atoms with Gasteiger partial charge in [-0.3, -0.25) is 0 Å². The summed E-state index contributed by atoms with van der Waals surface area (Å²) >= 11 is 0. The largest absolute Gasteiger partial charge is 0.497 e. The zero-order chi connectivity index (χ0) is 15.3. The Morgan fingerprint density at radius 2 is 2.09 bits per heavy atom. The third-order valence-corrected chi connectivity index (χ3v) is 7.17. The first-order valence-corrected chi connectivity index (χ1v) is 8.79. The highest BCUT2D eigenvalue weighted by molar-refractivity contribution is 5.56. The Morgan fingerprint density at radius 1 is 1.23 bits per heavy atom. The minimum absolute atomic E-state index is 0.271. The molecule has 1 aromatic carbocycles. The lowest BCUT2D eigenvalue weighted by molar-refractivity contribution is -0.115. The molecular formula is C20H26O2. The number of aldehydes is 1.